The van der Waals surface area contributed by atoms with Crippen molar-refractivity contribution in [3.63, 3.8) is 0 Å². The number of carbonyl (C=O) groups excluding carboxylic acids is 1. The molecular weight excluding hydrogens is 282 g/mol. The van der Waals surface area contributed by atoms with Crippen molar-refractivity contribution in [2.75, 3.05) is 5.73 Å². The molecule has 0 fully saturated rings. The Balaban J connectivity index is 2.57. The average Bonchev–Trinajstić information content (AvgIpc) is 2.50. The second kappa shape index (κ2) is 4.96. The minimum Gasteiger partial charge on any atom is -0.365 e. The number of carbonyl (C=O) groups is 1. The van der Waals surface area contributed by atoms with Crippen molar-refractivity contribution in [1.29, 1.82) is 0 Å². The number of amides is 1. The van der Waals surface area contributed by atoms with Gasteiger partial charge in [0.15, 0.2) is 0 Å². The van der Waals surface area contributed by atoms with Gasteiger partial charge in [-0.1, -0.05) is 23.7 Å². The molecule has 7 nitrogen and oxygen atoms in total. The zero-order valence-corrected chi connectivity index (χ0v) is 11.7. The molecule has 7 heteroatoms. The van der Waals surface area contributed by atoms with Crippen molar-refractivity contribution < 1.29 is 9.36 Å². The fraction of sp³-hybridized carbons (Fsp3) is 0.0667. The van der Waals surface area contributed by atoms with E-state index >= 15 is 0 Å². The number of allylic oxidation sites excluding steroid dienone is 1. The molecule has 0 aliphatic carbocycles. The first kappa shape index (κ1) is 13.7. The van der Waals surface area contributed by atoms with Crippen LogP contribution >= 0.6 is 0 Å². The van der Waals surface area contributed by atoms with Crippen LogP contribution < -0.4 is 21.6 Å². The SMILES string of the molecule is C=CC[n+]1c(N)c(C(N)=O)cc2c(=O)n3ccccc3nc21. The molecule has 0 saturated heterocycles. The molecule has 22 heavy (non-hydrogen) atoms. The molecule has 3 rings (SSSR count). The van der Waals surface area contributed by atoms with E-state index in [0.29, 0.717) is 17.8 Å². The van der Waals surface area contributed by atoms with Crippen LogP contribution in [0.1, 0.15) is 10.4 Å². The highest BCUT2D eigenvalue weighted by Gasteiger charge is 2.22. The van der Waals surface area contributed by atoms with Gasteiger partial charge in [-0.15, -0.1) is 0 Å². The molecule has 0 unspecified atom stereocenters. The minimum atomic E-state index is -0.699. The molecule has 0 aliphatic heterocycles. The van der Waals surface area contributed by atoms with Gasteiger partial charge in [0, 0.05) is 6.20 Å². The largest absolute Gasteiger partial charge is 0.365 e. The van der Waals surface area contributed by atoms with Gasteiger partial charge >= 0.3 is 0 Å². The van der Waals surface area contributed by atoms with E-state index in [9.17, 15) is 9.59 Å². The lowest BCUT2D eigenvalue weighted by molar-refractivity contribution is -0.648. The number of nitrogens with two attached hydrogens (primary N) is 2. The summed E-state index contributed by atoms with van der Waals surface area (Å²) >= 11 is 0. The van der Waals surface area contributed by atoms with Gasteiger partial charge in [0.1, 0.15) is 10.9 Å². The van der Waals surface area contributed by atoms with Crippen LogP contribution in [0.4, 0.5) is 5.82 Å². The monoisotopic (exact) mass is 296 g/mol. The Morgan fingerprint density at radius 2 is 2.23 bits per heavy atom. The molecule has 0 aliphatic rings. The Labute approximate surface area is 125 Å². The summed E-state index contributed by atoms with van der Waals surface area (Å²) in [7, 11) is 0. The number of pyridine rings is 2. The van der Waals surface area contributed by atoms with Crippen LogP contribution in [0.15, 0.2) is 47.9 Å². The molecular formula is C15H14N5O2+. The Morgan fingerprint density at radius 1 is 1.45 bits per heavy atom. The van der Waals surface area contributed by atoms with Crippen LogP contribution in [0, 0.1) is 0 Å². The first-order chi connectivity index (χ1) is 10.5. The predicted octanol–water partition coefficient (Wildman–Crippen LogP) is 0.00230. The molecule has 4 N–H and O–H groups in total. The van der Waals surface area contributed by atoms with E-state index in [1.165, 1.54) is 10.5 Å². The van der Waals surface area contributed by atoms with Gasteiger partial charge < -0.3 is 11.5 Å². The molecule has 0 spiro atoms. The first-order valence-electron chi connectivity index (χ1n) is 6.58. The standard InChI is InChI=1S/C15H13N5O2/c1-2-6-20-12(16)9(13(17)21)8-10-14(20)18-11-5-3-4-7-19(11)15(10)22/h2-5,7-8,16H,1,6H2,(H2,17,21)/p+1. The van der Waals surface area contributed by atoms with E-state index in [-0.39, 0.29) is 22.3 Å². The average molecular weight is 296 g/mol. The third-order valence-electron chi connectivity index (χ3n) is 3.44. The second-order valence-electron chi connectivity index (χ2n) is 4.79. The quantitative estimate of drug-likeness (QED) is 0.403. The van der Waals surface area contributed by atoms with Gasteiger partial charge in [-0.2, -0.15) is 0 Å². The maximum atomic E-state index is 12.6. The maximum absolute atomic E-state index is 12.6. The van der Waals surface area contributed by atoms with Gasteiger partial charge in [-0.3, -0.25) is 14.0 Å². The maximum Gasteiger partial charge on any atom is 0.278 e. The van der Waals surface area contributed by atoms with Crippen LogP contribution in [0.3, 0.4) is 0 Å². The molecule has 1 amide bonds. The fourth-order valence-corrected chi connectivity index (χ4v) is 2.41. The predicted molar refractivity (Wildman–Crippen MR) is 82.3 cm³/mol. The molecule has 3 aromatic rings. The third kappa shape index (κ3) is 1.91. The van der Waals surface area contributed by atoms with Crippen molar-refractivity contribution in [3.05, 3.63) is 59.0 Å². The number of anilines is 1. The van der Waals surface area contributed by atoms with Crippen LogP contribution in [-0.2, 0) is 6.54 Å². The number of aromatic nitrogens is 3. The van der Waals surface area contributed by atoms with Crippen LogP contribution in [0.25, 0.3) is 16.7 Å². The number of hydrogen-bond donors (Lipinski definition) is 2. The minimum absolute atomic E-state index is 0.0872. The summed E-state index contributed by atoms with van der Waals surface area (Å²) in [6, 6.07) is 6.62. The summed E-state index contributed by atoms with van der Waals surface area (Å²) < 4.78 is 2.96. The van der Waals surface area contributed by atoms with Gasteiger partial charge in [-0.25, -0.2) is 4.57 Å². The zero-order valence-electron chi connectivity index (χ0n) is 11.7. The van der Waals surface area contributed by atoms with Crippen molar-refractivity contribution >= 4 is 28.4 Å². The molecule has 110 valence electrons. The van der Waals surface area contributed by atoms with Gasteiger partial charge in [0.25, 0.3) is 17.1 Å². The summed E-state index contributed by atoms with van der Waals surface area (Å²) in [6.07, 6.45) is 3.22. The summed E-state index contributed by atoms with van der Waals surface area (Å²) in [4.78, 5) is 28.7. The molecule has 3 aromatic heterocycles. The van der Waals surface area contributed by atoms with E-state index in [0.717, 1.165) is 0 Å². The van der Waals surface area contributed by atoms with Crippen molar-refractivity contribution in [2.24, 2.45) is 5.73 Å². The van der Waals surface area contributed by atoms with Gasteiger partial charge in [0.05, 0.1) is 6.54 Å². The lowest BCUT2D eigenvalue weighted by atomic mass is 10.2. The number of primary amides is 1. The number of nitrogen functional groups attached to an aromatic ring is 1. The molecule has 0 bridgehead atoms. The number of rotatable bonds is 3. The number of fused-ring (bicyclic) bond motifs is 2. The van der Waals surface area contributed by atoms with E-state index in [1.54, 1.807) is 35.0 Å². The van der Waals surface area contributed by atoms with Crippen LogP contribution in [-0.4, -0.2) is 15.3 Å². The molecule has 0 saturated carbocycles. The summed E-state index contributed by atoms with van der Waals surface area (Å²) in [5.41, 5.74) is 12.0. The van der Waals surface area contributed by atoms with E-state index in [4.69, 9.17) is 11.5 Å². The van der Waals surface area contributed by atoms with Gasteiger partial charge in [-0.05, 0) is 18.2 Å². The van der Waals surface area contributed by atoms with E-state index in [2.05, 4.69) is 11.6 Å². The normalized spacial score (nSPS) is 10.9. The van der Waals surface area contributed by atoms with E-state index in [1.807, 2.05) is 0 Å². The zero-order chi connectivity index (χ0) is 15.9. The van der Waals surface area contributed by atoms with Crippen molar-refractivity contribution in [1.82, 2.24) is 9.38 Å². The summed E-state index contributed by atoms with van der Waals surface area (Å²) in [6.45, 7) is 3.96. The highest BCUT2D eigenvalue weighted by atomic mass is 16.1. The summed E-state index contributed by atoms with van der Waals surface area (Å²) in [5.74, 6) is -0.540. The fourth-order valence-electron chi connectivity index (χ4n) is 2.41. The second-order valence-corrected chi connectivity index (χ2v) is 4.79. The van der Waals surface area contributed by atoms with Crippen molar-refractivity contribution in [3.8, 4) is 0 Å². The lowest BCUT2D eigenvalue weighted by Crippen LogP contribution is -2.41. The number of nitrogens with zero attached hydrogens (tertiary/aromatic N) is 3. The topological polar surface area (TPSA) is 107 Å². The lowest BCUT2D eigenvalue weighted by Gasteiger charge is -2.09. The smallest absolute Gasteiger partial charge is 0.278 e. The molecule has 3 heterocycles. The van der Waals surface area contributed by atoms with E-state index < -0.39 is 5.91 Å². The van der Waals surface area contributed by atoms with Crippen LogP contribution in [0.5, 0.6) is 0 Å². The van der Waals surface area contributed by atoms with Gasteiger partial charge in [0.2, 0.25) is 11.5 Å². The molecule has 0 radical (unpaired) electrons. The Kier molecular flexibility index (Phi) is 3.10. The van der Waals surface area contributed by atoms with Crippen LogP contribution in [0.2, 0.25) is 0 Å². The Morgan fingerprint density at radius 3 is 2.91 bits per heavy atom. The highest BCUT2D eigenvalue weighted by molar-refractivity contribution is 5.99. The van der Waals surface area contributed by atoms with Crippen molar-refractivity contribution in [2.45, 2.75) is 6.54 Å². The highest BCUT2D eigenvalue weighted by Crippen LogP contribution is 2.13. The Bertz CT molecular complexity index is 991. The first-order valence-corrected chi connectivity index (χ1v) is 6.58. The molecule has 0 atom stereocenters. The third-order valence-corrected chi connectivity index (χ3v) is 3.44. The number of hydrogen-bond acceptors (Lipinski definition) is 4. The summed E-state index contributed by atoms with van der Waals surface area (Å²) in [5, 5.41) is 0.272. The molecule has 0 aromatic carbocycles. The Hall–Kier alpha value is -3.22.